The molecule has 6 heteroatoms. The van der Waals surface area contributed by atoms with Crippen molar-refractivity contribution in [3.63, 3.8) is 0 Å². The topological polar surface area (TPSA) is 56.1 Å². The van der Waals surface area contributed by atoms with Gasteiger partial charge in [-0.25, -0.2) is 0 Å². The first-order valence-corrected chi connectivity index (χ1v) is 9.47. The number of nitrogens with zero attached hydrogens (tertiary/aromatic N) is 2. The Bertz CT molecular complexity index is 971. The molecule has 1 heterocycles. The smallest absolute Gasteiger partial charge is 0.251 e. The Labute approximate surface area is 170 Å². The van der Waals surface area contributed by atoms with Crippen LogP contribution in [-0.2, 0) is 20.2 Å². The molecular weight excluding hydrogens is 374 g/mol. The lowest BCUT2D eigenvalue weighted by molar-refractivity contribution is 0.0951. The average Bonchev–Trinajstić information content (AvgIpc) is 3.01. The van der Waals surface area contributed by atoms with E-state index in [0.717, 1.165) is 38.7 Å². The largest absolute Gasteiger partial charge is 0.489 e. The molecule has 1 aromatic heterocycles. The Morgan fingerprint density at radius 1 is 1.14 bits per heavy atom. The summed E-state index contributed by atoms with van der Waals surface area (Å²) in [6.45, 7) is 6.79. The lowest BCUT2D eigenvalue weighted by Gasteiger charge is -2.10. The van der Waals surface area contributed by atoms with Gasteiger partial charge in [-0.15, -0.1) is 0 Å². The molecule has 0 atom stereocenters. The van der Waals surface area contributed by atoms with Crippen molar-refractivity contribution in [3.8, 4) is 5.75 Å². The monoisotopic (exact) mass is 397 g/mol. The lowest BCUT2D eigenvalue weighted by atomic mass is 10.1. The van der Waals surface area contributed by atoms with Gasteiger partial charge in [0.2, 0.25) is 0 Å². The lowest BCUT2D eigenvalue weighted by Crippen LogP contribution is -2.23. The summed E-state index contributed by atoms with van der Waals surface area (Å²) in [5.41, 5.74) is 5.64. The maximum Gasteiger partial charge on any atom is 0.251 e. The van der Waals surface area contributed by atoms with Crippen LogP contribution in [0.4, 0.5) is 0 Å². The molecule has 0 spiro atoms. The van der Waals surface area contributed by atoms with E-state index in [4.69, 9.17) is 16.3 Å². The second kappa shape index (κ2) is 8.48. The Morgan fingerprint density at radius 2 is 1.79 bits per heavy atom. The number of rotatable bonds is 6. The number of aryl methyl sites for hydroxylation is 3. The van der Waals surface area contributed by atoms with Gasteiger partial charge in [0.15, 0.2) is 0 Å². The number of ether oxygens (including phenoxy) is 1. The van der Waals surface area contributed by atoms with Crippen LogP contribution in [0, 0.1) is 20.8 Å². The van der Waals surface area contributed by atoms with E-state index in [1.165, 1.54) is 0 Å². The van der Waals surface area contributed by atoms with Crippen LogP contribution in [0.15, 0.2) is 42.6 Å². The van der Waals surface area contributed by atoms with Crippen molar-refractivity contribution in [2.75, 3.05) is 0 Å². The molecule has 0 fully saturated rings. The highest BCUT2D eigenvalue weighted by atomic mass is 35.5. The minimum Gasteiger partial charge on any atom is -0.489 e. The Hall–Kier alpha value is -2.79. The third-order valence-electron chi connectivity index (χ3n) is 4.81. The first-order valence-electron chi connectivity index (χ1n) is 9.09. The van der Waals surface area contributed by atoms with Crippen LogP contribution in [0.1, 0.15) is 38.3 Å². The standard InChI is InChI=1S/C22H24ClN3O2/c1-14-9-20(10-15(2)21(14)23)28-13-17-5-7-18(8-6-17)22(27)24-11-19-12-25-26(4)16(19)3/h5-10,12H,11,13H2,1-4H3,(H,24,27). The molecule has 0 radical (unpaired) electrons. The molecule has 3 aromatic rings. The fourth-order valence-electron chi connectivity index (χ4n) is 2.90. The van der Waals surface area contributed by atoms with Gasteiger partial charge in [-0.3, -0.25) is 9.48 Å². The summed E-state index contributed by atoms with van der Waals surface area (Å²) >= 11 is 6.19. The molecule has 28 heavy (non-hydrogen) atoms. The van der Waals surface area contributed by atoms with Crippen LogP contribution in [0.5, 0.6) is 5.75 Å². The molecular formula is C22H24ClN3O2. The molecule has 0 bridgehead atoms. The Morgan fingerprint density at radius 3 is 2.36 bits per heavy atom. The van der Waals surface area contributed by atoms with E-state index in [1.807, 2.05) is 64.2 Å². The number of halogens is 1. The van der Waals surface area contributed by atoms with Gasteiger partial charge in [-0.1, -0.05) is 23.7 Å². The zero-order chi connectivity index (χ0) is 20.3. The second-order valence-electron chi connectivity index (χ2n) is 6.92. The second-order valence-corrected chi connectivity index (χ2v) is 7.30. The highest BCUT2D eigenvalue weighted by molar-refractivity contribution is 6.32. The predicted molar refractivity (Wildman–Crippen MR) is 111 cm³/mol. The summed E-state index contributed by atoms with van der Waals surface area (Å²) in [5.74, 6) is 0.674. The van der Waals surface area contributed by atoms with E-state index in [9.17, 15) is 4.79 Å². The number of hydrogen-bond donors (Lipinski definition) is 1. The van der Waals surface area contributed by atoms with Crippen LogP contribution in [0.3, 0.4) is 0 Å². The predicted octanol–water partition coefficient (Wildman–Crippen LogP) is 4.51. The molecule has 1 N–H and O–H groups in total. The van der Waals surface area contributed by atoms with Gasteiger partial charge in [0.25, 0.3) is 5.91 Å². The zero-order valence-corrected chi connectivity index (χ0v) is 17.3. The van der Waals surface area contributed by atoms with E-state index >= 15 is 0 Å². The molecule has 0 saturated heterocycles. The normalized spacial score (nSPS) is 10.8. The van der Waals surface area contributed by atoms with Gasteiger partial charge in [0.05, 0.1) is 6.20 Å². The van der Waals surface area contributed by atoms with Crippen molar-refractivity contribution in [2.24, 2.45) is 7.05 Å². The number of carbonyl (C=O) groups excluding carboxylic acids is 1. The quantitative estimate of drug-likeness (QED) is 0.665. The van der Waals surface area contributed by atoms with Crippen LogP contribution >= 0.6 is 11.6 Å². The summed E-state index contributed by atoms with van der Waals surface area (Å²) < 4.78 is 7.65. The number of hydrogen-bond acceptors (Lipinski definition) is 3. The van der Waals surface area contributed by atoms with E-state index < -0.39 is 0 Å². The van der Waals surface area contributed by atoms with Crippen molar-refractivity contribution < 1.29 is 9.53 Å². The van der Waals surface area contributed by atoms with Crippen molar-refractivity contribution >= 4 is 17.5 Å². The first kappa shape index (κ1) is 20.0. The van der Waals surface area contributed by atoms with Crippen LogP contribution in [0.2, 0.25) is 5.02 Å². The fraction of sp³-hybridized carbons (Fsp3) is 0.273. The highest BCUT2D eigenvalue weighted by Gasteiger charge is 2.09. The molecule has 0 saturated carbocycles. The summed E-state index contributed by atoms with van der Waals surface area (Å²) in [6.07, 6.45) is 1.77. The van der Waals surface area contributed by atoms with Crippen molar-refractivity contribution in [1.29, 1.82) is 0 Å². The Balaban J connectivity index is 1.57. The summed E-state index contributed by atoms with van der Waals surface area (Å²) in [4.78, 5) is 12.4. The van der Waals surface area contributed by atoms with E-state index in [2.05, 4.69) is 10.4 Å². The molecule has 5 nitrogen and oxygen atoms in total. The number of benzene rings is 2. The molecule has 1 amide bonds. The summed E-state index contributed by atoms with van der Waals surface area (Å²) in [6, 6.07) is 11.3. The summed E-state index contributed by atoms with van der Waals surface area (Å²) in [7, 11) is 1.88. The molecule has 2 aromatic carbocycles. The van der Waals surface area contributed by atoms with Gasteiger partial charge in [-0.05, 0) is 61.7 Å². The third-order valence-corrected chi connectivity index (χ3v) is 5.40. The SMILES string of the molecule is Cc1cc(OCc2ccc(C(=O)NCc3cnn(C)c3C)cc2)cc(C)c1Cl. The van der Waals surface area contributed by atoms with Crippen molar-refractivity contribution in [1.82, 2.24) is 15.1 Å². The van der Waals surface area contributed by atoms with E-state index in [1.54, 1.807) is 10.9 Å². The fourth-order valence-corrected chi connectivity index (χ4v) is 3.01. The number of carbonyl (C=O) groups is 1. The zero-order valence-electron chi connectivity index (χ0n) is 16.5. The maximum atomic E-state index is 12.4. The molecule has 0 unspecified atom stereocenters. The molecule has 0 aliphatic heterocycles. The van der Waals surface area contributed by atoms with Crippen molar-refractivity contribution in [3.05, 3.63) is 81.1 Å². The highest BCUT2D eigenvalue weighted by Crippen LogP contribution is 2.26. The van der Waals surface area contributed by atoms with Gasteiger partial charge >= 0.3 is 0 Å². The third kappa shape index (κ3) is 4.54. The summed E-state index contributed by atoms with van der Waals surface area (Å²) in [5, 5.41) is 7.88. The van der Waals surface area contributed by atoms with Gasteiger partial charge in [-0.2, -0.15) is 5.10 Å². The Kier molecular flexibility index (Phi) is 6.05. The molecule has 0 aliphatic rings. The van der Waals surface area contributed by atoms with Gasteiger partial charge in [0, 0.05) is 35.4 Å². The van der Waals surface area contributed by atoms with Crippen LogP contribution < -0.4 is 10.1 Å². The van der Waals surface area contributed by atoms with Crippen LogP contribution in [-0.4, -0.2) is 15.7 Å². The number of aromatic nitrogens is 2. The average molecular weight is 398 g/mol. The first-order chi connectivity index (χ1) is 13.3. The minimum absolute atomic E-state index is 0.111. The maximum absolute atomic E-state index is 12.4. The molecule has 146 valence electrons. The molecule has 0 aliphatic carbocycles. The van der Waals surface area contributed by atoms with E-state index in [0.29, 0.717) is 18.7 Å². The van der Waals surface area contributed by atoms with Crippen molar-refractivity contribution in [2.45, 2.75) is 33.9 Å². The number of amides is 1. The number of nitrogens with one attached hydrogen (secondary N) is 1. The van der Waals surface area contributed by atoms with Gasteiger partial charge < -0.3 is 10.1 Å². The minimum atomic E-state index is -0.111. The molecule has 3 rings (SSSR count). The van der Waals surface area contributed by atoms with Crippen LogP contribution in [0.25, 0.3) is 0 Å². The van der Waals surface area contributed by atoms with E-state index in [-0.39, 0.29) is 5.91 Å². The van der Waals surface area contributed by atoms with Gasteiger partial charge in [0.1, 0.15) is 12.4 Å².